The van der Waals surface area contributed by atoms with Crippen LogP contribution in [0.1, 0.15) is 38.8 Å². The van der Waals surface area contributed by atoms with Gasteiger partial charge in [0.05, 0.1) is 5.56 Å². The van der Waals surface area contributed by atoms with Crippen LogP contribution in [-0.2, 0) is 12.7 Å². The SMILES string of the molecule is CC(C)CN(CC(C)C)c1ccc(CN)c(C(F)(F)F)c1. The van der Waals surface area contributed by atoms with E-state index in [0.717, 1.165) is 13.1 Å². The number of nitrogens with two attached hydrogens (primary N) is 1. The number of alkyl halides is 3. The molecule has 0 bridgehead atoms. The molecule has 0 aliphatic carbocycles. The van der Waals surface area contributed by atoms with Gasteiger partial charge in [0, 0.05) is 25.3 Å². The highest BCUT2D eigenvalue weighted by Gasteiger charge is 2.33. The van der Waals surface area contributed by atoms with Crippen LogP contribution in [0.3, 0.4) is 0 Å². The van der Waals surface area contributed by atoms with E-state index in [9.17, 15) is 13.2 Å². The predicted octanol–water partition coefficient (Wildman–Crippen LogP) is 4.28. The van der Waals surface area contributed by atoms with Crippen LogP contribution in [0, 0.1) is 11.8 Å². The van der Waals surface area contributed by atoms with Crippen molar-refractivity contribution in [3.05, 3.63) is 29.3 Å². The summed E-state index contributed by atoms with van der Waals surface area (Å²) in [6.45, 7) is 9.61. The maximum atomic E-state index is 13.1. The second-order valence-electron chi connectivity index (χ2n) is 6.24. The Balaban J connectivity index is 3.19. The lowest BCUT2D eigenvalue weighted by atomic mass is 10.0. The molecule has 1 rings (SSSR count). The first-order valence-electron chi connectivity index (χ1n) is 7.30. The van der Waals surface area contributed by atoms with E-state index in [2.05, 4.69) is 27.7 Å². The van der Waals surface area contributed by atoms with Crippen molar-refractivity contribution in [2.24, 2.45) is 17.6 Å². The Morgan fingerprint density at radius 3 is 1.95 bits per heavy atom. The quantitative estimate of drug-likeness (QED) is 0.849. The summed E-state index contributed by atoms with van der Waals surface area (Å²) < 4.78 is 39.4. The highest BCUT2D eigenvalue weighted by Crippen LogP contribution is 2.34. The molecule has 0 amide bonds. The van der Waals surface area contributed by atoms with Crippen LogP contribution in [0.2, 0.25) is 0 Å². The van der Waals surface area contributed by atoms with Crippen molar-refractivity contribution in [2.45, 2.75) is 40.4 Å². The van der Waals surface area contributed by atoms with Gasteiger partial charge >= 0.3 is 6.18 Å². The first kappa shape index (κ1) is 17.8. The van der Waals surface area contributed by atoms with Gasteiger partial charge in [0.25, 0.3) is 0 Å². The van der Waals surface area contributed by atoms with Gasteiger partial charge in [0.1, 0.15) is 0 Å². The largest absolute Gasteiger partial charge is 0.416 e. The van der Waals surface area contributed by atoms with Gasteiger partial charge < -0.3 is 10.6 Å². The van der Waals surface area contributed by atoms with Crippen molar-refractivity contribution >= 4 is 5.69 Å². The van der Waals surface area contributed by atoms with Gasteiger partial charge in [0.2, 0.25) is 0 Å². The summed E-state index contributed by atoms with van der Waals surface area (Å²) in [5.74, 6) is 0.763. The number of rotatable bonds is 6. The number of anilines is 1. The third-order valence-corrected chi connectivity index (χ3v) is 3.15. The molecule has 0 radical (unpaired) electrons. The zero-order valence-corrected chi connectivity index (χ0v) is 13.2. The van der Waals surface area contributed by atoms with Crippen LogP contribution in [0.5, 0.6) is 0 Å². The summed E-state index contributed by atoms with van der Waals surface area (Å²) >= 11 is 0. The molecule has 0 fully saturated rings. The first-order chi connectivity index (χ1) is 9.65. The lowest BCUT2D eigenvalue weighted by Crippen LogP contribution is -2.31. The Bertz CT molecular complexity index is 443. The number of benzene rings is 1. The van der Waals surface area contributed by atoms with E-state index in [4.69, 9.17) is 5.73 Å². The fourth-order valence-electron chi connectivity index (χ4n) is 2.37. The lowest BCUT2D eigenvalue weighted by molar-refractivity contribution is -0.138. The number of hydrogen-bond donors (Lipinski definition) is 1. The van der Waals surface area contributed by atoms with Crippen LogP contribution >= 0.6 is 0 Å². The molecule has 0 aliphatic heterocycles. The normalized spacial score (nSPS) is 12.3. The second-order valence-corrected chi connectivity index (χ2v) is 6.24. The third kappa shape index (κ3) is 5.23. The smallest absolute Gasteiger partial charge is 0.371 e. The molecule has 0 aromatic heterocycles. The third-order valence-electron chi connectivity index (χ3n) is 3.15. The molecular formula is C16H25F3N2. The van der Waals surface area contributed by atoms with Crippen molar-refractivity contribution in [2.75, 3.05) is 18.0 Å². The van der Waals surface area contributed by atoms with Crippen LogP contribution in [-0.4, -0.2) is 13.1 Å². The zero-order chi connectivity index (χ0) is 16.2. The Morgan fingerprint density at radius 2 is 1.57 bits per heavy atom. The topological polar surface area (TPSA) is 29.3 Å². The Hall–Kier alpha value is -1.23. The number of nitrogens with zero attached hydrogens (tertiary/aromatic N) is 1. The van der Waals surface area contributed by atoms with Crippen molar-refractivity contribution in [3.63, 3.8) is 0 Å². The summed E-state index contributed by atoms with van der Waals surface area (Å²) in [4.78, 5) is 2.02. The monoisotopic (exact) mass is 302 g/mol. The van der Waals surface area contributed by atoms with Gasteiger partial charge in [-0.3, -0.25) is 0 Å². The van der Waals surface area contributed by atoms with E-state index >= 15 is 0 Å². The summed E-state index contributed by atoms with van der Waals surface area (Å²) in [5.41, 5.74) is 5.55. The summed E-state index contributed by atoms with van der Waals surface area (Å²) in [6, 6.07) is 4.46. The minimum Gasteiger partial charge on any atom is -0.371 e. The molecule has 0 heterocycles. The van der Waals surface area contributed by atoms with Gasteiger partial charge in [0.15, 0.2) is 0 Å². The van der Waals surface area contributed by atoms with Gasteiger partial charge in [-0.2, -0.15) is 13.2 Å². The minimum absolute atomic E-state index is 0.108. The van der Waals surface area contributed by atoms with E-state index in [1.807, 2.05) is 4.90 Å². The second kappa shape index (κ2) is 7.16. The summed E-state index contributed by atoms with van der Waals surface area (Å²) in [5, 5.41) is 0. The fourth-order valence-corrected chi connectivity index (χ4v) is 2.37. The van der Waals surface area contributed by atoms with Crippen LogP contribution in [0.4, 0.5) is 18.9 Å². The van der Waals surface area contributed by atoms with Crippen LogP contribution < -0.4 is 10.6 Å². The first-order valence-corrected chi connectivity index (χ1v) is 7.30. The molecule has 1 aromatic carbocycles. The van der Waals surface area contributed by atoms with Gasteiger partial charge in [-0.15, -0.1) is 0 Å². The zero-order valence-electron chi connectivity index (χ0n) is 13.2. The van der Waals surface area contributed by atoms with E-state index in [1.165, 1.54) is 12.1 Å². The van der Waals surface area contributed by atoms with Gasteiger partial charge in [-0.25, -0.2) is 0 Å². The molecule has 0 unspecified atom stereocenters. The average Bonchev–Trinajstić information content (AvgIpc) is 2.35. The molecule has 1 aromatic rings. The molecule has 0 saturated carbocycles. The average molecular weight is 302 g/mol. The maximum absolute atomic E-state index is 13.1. The fraction of sp³-hybridized carbons (Fsp3) is 0.625. The number of halogens is 3. The van der Waals surface area contributed by atoms with Crippen molar-refractivity contribution in [1.82, 2.24) is 0 Å². The molecule has 120 valence electrons. The molecule has 2 N–H and O–H groups in total. The van der Waals surface area contributed by atoms with E-state index in [-0.39, 0.29) is 12.1 Å². The van der Waals surface area contributed by atoms with Crippen LogP contribution in [0.15, 0.2) is 18.2 Å². The molecule has 5 heteroatoms. The summed E-state index contributed by atoms with van der Waals surface area (Å²) in [6.07, 6.45) is -4.37. The Labute approximate surface area is 125 Å². The number of hydrogen-bond acceptors (Lipinski definition) is 2. The molecule has 0 aliphatic rings. The predicted molar refractivity (Wildman–Crippen MR) is 81.2 cm³/mol. The standard InChI is InChI=1S/C16H25F3N2/c1-11(2)9-21(10-12(3)4)14-6-5-13(8-20)15(7-14)16(17,18)19/h5-7,11-12H,8-10,20H2,1-4H3. The van der Waals surface area contributed by atoms with Gasteiger partial charge in [-0.1, -0.05) is 33.8 Å². The van der Waals surface area contributed by atoms with Crippen molar-refractivity contribution in [1.29, 1.82) is 0 Å². The maximum Gasteiger partial charge on any atom is 0.416 e. The van der Waals surface area contributed by atoms with Crippen molar-refractivity contribution < 1.29 is 13.2 Å². The molecule has 0 spiro atoms. The molecule has 21 heavy (non-hydrogen) atoms. The summed E-state index contributed by atoms with van der Waals surface area (Å²) in [7, 11) is 0. The molecule has 0 atom stereocenters. The Morgan fingerprint density at radius 1 is 1.05 bits per heavy atom. The van der Waals surface area contributed by atoms with Gasteiger partial charge in [-0.05, 0) is 29.5 Å². The van der Waals surface area contributed by atoms with Crippen LogP contribution in [0.25, 0.3) is 0 Å². The van der Waals surface area contributed by atoms with E-state index in [0.29, 0.717) is 17.5 Å². The van der Waals surface area contributed by atoms with E-state index < -0.39 is 11.7 Å². The highest BCUT2D eigenvalue weighted by atomic mass is 19.4. The molecular weight excluding hydrogens is 277 g/mol. The van der Waals surface area contributed by atoms with E-state index in [1.54, 1.807) is 6.07 Å². The van der Waals surface area contributed by atoms with Crippen molar-refractivity contribution in [3.8, 4) is 0 Å². The lowest BCUT2D eigenvalue weighted by Gasteiger charge is -2.29. The molecule has 0 saturated heterocycles. The Kier molecular flexibility index (Phi) is 6.08. The highest BCUT2D eigenvalue weighted by molar-refractivity contribution is 5.52. The molecule has 2 nitrogen and oxygen atoms in total. The minimum atomic E-state index is -4.37.